The fourth-order valence-electron chi connectivity index (χ4n) is 2.07. The van der Waals surface area contributed by atoms with E-state index in [1.54, 1.807) is 24.4 Å². The van der Waals surface area contributed by atoms with E-state index in [4.69, 9.17) is 16.3 Å². The highest BCUT2D eigenvalue weighted by molar-refractivity contribution is 6.29. The molecule has 134 valence electrons. The van der Waals surface area contributed by atoms with Crippen molar-refractivity contribution in [3.8, 4) is 5.75 Å². The normalized spacial score (nSPS) is 12.6. The van der Waals surface area contributed by atoms with Crippen LogP contribution in [0, 0.1) is 5.82 Å². The molecule has 1 unspecified atom stereocenters. The van der Waals surface area contributed by atoms with Crippen LogP contribution in [-0.4, -0.2) is 30.1 Å². The van der Waals surface area contributed by atoms with Crippen molar-refractivity contribution in [3.05, 3.63) is 59.1 Å². The van der Waals surface area contributed by atoms with Gasteiger partial charge in [-0.2, -0.15) is 0 Å². The quantitative estimate of drug-likeness (QED) is 0.449. The van der Waals surface area contributed by atoms with E-state index >= 15 is 0 Å². The number of aliphatic imine (C=N–C) groups is 1. The van der Waals surface area contributed by atoms with Crippen molar-refractivity contribution < 1.29 is 9.13 Å². The topological polar surface area (TPSA) is 58.5 Å². The number of pyridine rings is 1. The Bertz CT molecular complexity index is 694. The molecule has 2 N–H and O–H groups in total. The van der Waals surface area contributed by atoms with Gasteiger partial charge in [0.15, 0.2) is 5.96 Å². The molecule has 0 radical (unpaired) electrons. The number of aromatic nitrogens is 1. The Hall–Kier alpha value is -2.34. The molecule has 0 amide bonds. The molecule has 0 aliphatic heterocycles. The number of rotatable bonds is 7. The van der Waals surface area contributed by atoms with E-state index in [-0.39, 0.29) is 11.9 Å². The predicted octanol–water partition coefficient (Wildman–Crippen LogP) is 3.40. The van der Waals surface area contributed by atoms with E-state index < -0.39 is 0 Å². The lowest BCUT2D eigenvalue weighted by molar-refractivity contribution is 0.223. The van der Waals surface area contributed by atoms with Gasteiger partial charge in [0.25, 0.3) is 0 Å². The highest BCUT2D eigenvalue weighted by Gasteiger charge is 2.06. The molecule has 7 heteroatoms. The predicted molar refractivity (Wildman–Crippen MR) is 98.6 cm³/mol. The van der Waals surface area contributed by atoms with Gasteiger partial charge in [-0.05, 0) is 37.6 Å². The lowest BCUT2D eigenvalue weighted by Gasteiger charge is -2.17. The number of nitrogens with zero attached hydrogens (tertiary/aromatic N) is 2. The van der Waals surface area contributed by atoms with E-state index in [2.05, 4.69) is 20.6 Å². The molecule has 2 aromatic rings. The van der Waals surface area contributed by atoms with Gasteiger partial charge in [-0.1, -0.05) is 23.7 Å². The SMILES string of the molecule is CCNC(=NCc1ccc(Cl)nc1)NCC(C)Oc1cccc(F)c1. The molecule has 1 aromatic carbocycles. The molecule has 1 aromatic heterocycles. The van der Waals surface area contributed by atoms with Crippen molar-refractivity contribution in [2.24, 2.45) is 4.99 Å². The van der Waals surface area contributed by atoms with Gasteiger partial charge in [0.05, 0.1) is 13.1 Å². The Kier molecular flexibility index (Phi) is 7.47. The second kappa shape index (κ2) is 9.84. The Balaban J connectivity index is 1.87. The highest BCUT2D eigenvalue weighted by atomic mass is 35.5. The van der Waals surface area contributed by atoms with Gasteiger partial charge in [0.1, 0.15) is 22.8 Å². The van der Waals surface area contributed by atoms with E-state index in [9.17, 15) is 4.39 Å². The summed E-state index contributed by atoms with van der Waals surface area (Å²) in [6, 6.07) is 9.73. The smallest absolute Gasteiger partial charge is 0.191 e. The van der Waals surface area contributed by atoms with Crippen molar-refractivity contribution in [3.63, 3.8) is 0 Å². The van der Waals surface area contributed by atoms with Crippen LogP contribution in [0.15, 0.2) is 47.6 Å². The average molecular weight is 365 g/mol. The summed E-state index contributed by atoms with van der Waals surface area (Å²) < 4.78 is 18.9. The number of benzene rings is 1. The monoisotopic (exact) mass is 364 g/mol. The largest absolute Gasteiger partial charge is 0.489 e. The molecule has 0 aliphatic carbocycles. The lowest BCUT2D eigenvalue weighted by Crippen LogP contribution is -2.41. The highest BCUT2D eigenvalue weighted by Crippen LogP contribution is 2.13. The zero-order valence-corrected chi connectivity index (χ0v) is 15.1. The number of ether oxygens (including phenoxy) is 1. The molecule has 0 fully saturated rings. The standard InChI is InChI=1S/C18H22ClFN4O/c1-3-21-18(24-12-14-7-8-17(19)22-11-14)23-10-13(2)25-16-6-4-5-15(20)9-16/h4-9,11,13H,3,10,12H2,1-2H3,(H2,21,23,24). The van der Waals surface area contributed by atoms with Gasteiger partial charge in [0.2, 0.25) is 0 Å². The van der Waals surface area contributed by atoms with Gasteiger partial charge in [-0.3, -0.25) is 0 Å². The maximum atomic E-state index is 13.2. The van der Waals surface area contributed by atoms with Crippen molar-refractivity contribution in [2.75, 3.05) is 13.1 Å². The molecule has 0 spiro atoms. The summed E-state index contributed by atoms with van der Waals surface area (Å²) in [5.41, 5.74) is 0.964. The van der Waals surface area contributed by atoms with Gasteiger partial charge in [-0.15, -0.1) is 0 Å². The van der Waals surface area contributed by atoms with E-state index in [0.29, 0.717) is 30.0 Å². The van der Waals surface area contributed by atoms with Gasteiger partial charge in [0, 0.05) is 18.8 Å². The zero-order valence-electron chi connectivity index (χ0n) is 14.3. The second-order valence-electron chi connectivity index (χ2n) is 5.45. The molecule has 1 heterocycles. The molecule has 0 saturated heterocycles. The van der Waals surface area contributed by atoms with Crippen LogP contribution in [0.3, 0.4) is 0 Å². The first-order valence-electron chi connectivity index (χ1n) is 8.11. The first-order valence-corrected chi connectivity index (χ1v) is 8.49. The van der Waals surface area contributed by atoms with Crippen LogP contribution in [0.5, 0.6) is 5.75 Å². The fourth-order valence-corrected chi connectivity index (χ4v) is 2.18. The Morgan fingerprint density at radius 2 is 2.16 bits per heavy atom. The molecule has 25 heavy (non-hydrogen) atoms. The summed E-state index contributed by atoms with van der Waals surface area (Å²) >= 11 is 5.78. The van der Waals surface area contributed by atoms with Crippen LogP contribution in [0.1, 0.15) is 19.4 Å². The summed E-state index contributed by atoms with van der Waals surface area (Å²) in [4.78, 5) is 8.54. The minimum Gasteiger partial charge on any atom is -0.489 e. The maximum Gasteiger partial charge on any atom is 0.191 e. The van der Waals surface area contributed by atoms with Crippen LogP contribution in [0.4, 0.5) is 4.39 Å². The molecule has 2 rings (SSSR count). The fraction of sp³-hybridized carbons (Fsp3) is 0.333. The third kappa shape index (κ3) is 6.97. The van der Waals surface area contributed by atoms with Crippen LogP contribution >= 0.6 is 11.6 Å². The molecule has 0 aliphatic rings. The summed E-state index contributed by atoms with van der Waals surface area (Å²) in [6.07, 6.45) is 1.55. The number of guanidine groups is 1. The van der Waals surface area contributed by atoms with Gasteiger partial charge < -0.3 is 15.4 Å². The molecular formula is C18H22ClFN4O. The summed E-state index contributed by atoms with van der Waals surface area (Å²) in [6.45, 7) is 5.65. The van der Waals surface area contributed by atoms with Crippen LogP contribution in [-0.2, 0) is 6.54 Å². The number of hydrogen-bond donors (Lipinski definition) is 2. The zero-order chi connectivity index (χ0) is 18.1. The Morgan fingerprint density at radius 3 is 2.84 bits per heavy atom. The molecule has 0 bridgehead atoms. The second-order valence-corrected chi connectivity index (χ2v) is 5.84. The van der Waals surface area contributed by atoms with Gasteiger partial charge in [-0.25, -0.2) is 14.4 Å². The molecule has 1 atom stereocenters. The average Bonchev–Trinajstić information content (AvgIpc) is 2.59. The van der Waals surface area contributed by atoms with Crippen LogP contribution in [0.25, 0.3) is 0 Å². The van der Waals surface area contributed by atoms with Crippen molar-refractivity contribution in [2.45, 2.75) is 26.5 Å². The summed E-state index contributed by atoms with van der Waals surface area (Å²) in [7, 11) is 0. The van der Waals surface area contributed by atoms with E-state index in [0.717, 1.165) is 12.1 Å². The molecular weight excluding hydrogens is 343 g/mol. The number of halogens is 2. The van der Waals surface area contributed by atoms with E-state index in [1.165, 1.54) is 12.1 Å². The molecule has 5 nitrogen and oxygen atoms in total. The minimum atomic E-state index is -0.316. The Labute approximate surface area is 152 Å². The van der Waals surface area contributed by atoms with Gasteiger partial charge >= 0.3 is 0 Å². The first kappa shape index (κ1) is 19.0. The number of nitrogens with one attached hydrogen (secondary N) is 2. The van der Waals surface area contributed by atoms with Crippen molar-refractivity contribution >= 4 is 17.6 Å². The van der Waals surface area contributed by atoms with E-state index in [1.807, 2.05) is 19.9 Å². The minimum absolute atomic E-state index is 0.150. The van der Waals surface area contributed by atoms with Crippen LogP contribution < -0.4 is 15.4 Å². The Morgan fingerprint density at radius 1 is 1.32 bits per heavy atom. The van der Waals surface area contributed by atoms with Crippen molar-refractivity contribution in [1.82, 2.24) is 15.6 Å². The summed E-state index contributed by atoms with van der Waals surface area (Å²) in [5.74, 6) is 0.861. The maximum absolute atomic E-state index is 13.2. The van der Waals surface area contributed by atoms with Crippen LogP contribution in [0.2, 0.25) is 5.15 Å². The number of hydrogen-bond acceptors (Lipinski definition) is 3. The third-order valence-corrected chi connectivity index (χ3v) is 3.47. The lowest BCUT2D eigenvalue weighted by atomic mass is 10.3. The first-order chi connectivity index (χ1) is 12.1. The molecule has 0 saturated carbocycles. The summed E-state index contributed by atoms with van der Waals surface area (Å²) in [5, 5.41) is 6.84. The van der Waals surface area contributed by atoms with Crippen molar-refractivity contribution in [1.29, 1.82) is 0 Å². The third-order valence-electron chi connectivity index (χ3n) is 3.24.